The molecule has 0 unspecified atom stereocenters. The van der Waals surface area contributed by atoms with Crippen molar-refractivity contribution in [3.63, 3.8) is 0 Å². The summed E-state index contributed by atoms with van der Waals surface area (Å²) in [5.74, 6) is -0.547. The molecule has 0 radical (unpaired) electrons. The third kappa shape index (κ3) is 3.44. The fraction of sp³-hybridized carbons (Fsp3) is 0.118. The van der Waals surface area contributed by atoms with Crippen molar-refractivity contribution in [3.05, 3.63) is 68.5 Å². The van der Waals surface area contributed by atoms with Crippen LogP contribution in [0.3, 0.4) is 0 Å². The van der Waals surface area contributed by atoms with Gasteiger partial charge in [-0.2, -0.15) is 4.37 Å². The quantitative estimate of drug-likeness (QED) is 0.398. The van der Waals surface area contributed by atoms with Gasteiger partial charge in [-0.3, -0.25) is 9.29 Å². The maximum Gasteiger partial charge on any atom is 0.420 e. The minimum absolute atomic E-state index is 0.0296. The summed E-state index contributed by atoms with van der Waals surface area (Å²) >= 11 is 3.15. The van der Waals surface area contributed by atoms with Gasteiger partial charge in [0, 0.05) is 21.2 Å². The smallest absolute Gasteiger partial charge is 0.408 e. The third-order valence-electron chi connectivity index (χ3n) is 4.22. The molecule has 0 bridgehead atoms. The molecule has 28 heavy (non-hydrogen) atoms. The molecule has 0 aliphatic rings. The van der Waals surface area contributed by atoms with Crippen LogP contribution in [0.2, 0.25) is 0 Å². The van der Waals surface area contributed by atoms with E-state index < -0.39 is 15.8 Å². The SMILES string of the molecule is C[C@@H](c1ccccc1I)n1c(=O)oc2cc(S(=O)(=O)Nc3ncns3)ccc21. The topological polar surface area (TPSA) is 107 Å². The van der Waals surface area contributed by atoms with Crippen molar-refractivity contribution < 1.29 is 12.8 Å². The number of rotatable bonds is 5. The van der Waals surface area contributed by atoms with Crippen LogP contribution in [-0.4, -0.2) is 22.3 Å². The number of aromatic nitrogens is 3. The molecule has 1 N–H and O–H groups in total. The van der Waals surface area contributed by atoms with E-state index in [0.29, 0.717) is 5.52 Å². The van der Waals surface area contributed by atoms with E-state index >= 15 is 0 Å². The minimum Gasteiger partial charge on any atom is -0.408 e. The van der Waals surface area contributed by atoms with Gasteiger partial charge in [0.15, 0.2) is 5.58 Å². The van der Waals surface area contributed by atoms with Crippen molar-refractivity contribution in [2.45, 2.75) is 17.9 Å². The molecule has 144 valence electrons. The van der Waals surface area contributed by atoms with Gasteiger partial charge in [0.2, 0.25) is 5.13 Å². The summed E-state index contributed by atoms with van der Waals surface area (Å²) < 4.78 is 39.1. The molecule has 0 amide bonds. The predicted molar refractivity (Wildman–Crippen MR) is 114 cm³/mol. The number of halogens is 1. The average molecular weight is 528 g/mol. The summed E-state index contributed by atoms with van der Waals surface area (Å²) in [7, 11) is -3.87. The monoisotopic (exact) mass is 528 g/mol. The van der Waals surface area contributed by atoms with Crippen LogP contribution in [0.25, 0.3) is 11.1 Å². The number of hydrogen-bond donors (Lipinski definition) is 1. The van der Waals surface area contributed by atoms with Crippen molar-refractivity contribution in [1.29, 1.82) is 0 Å². The van der Waals surface area contributed by atoms with Crippen LogP contribution >= 0.6 is 34.1 Å². The maximum absolute atomic E-state index is 12.5. The highest BCUT2D eigenvalue weighted by atomic mass is 127. The molecule has 0 saturated carbocycles. The van der Waals surface area contributed by atoms with Crippen LogP contribution in [-0.2, 0) is 10.0 Å². The molecule has 2 aromatic heterocycles. The van der Waals surface area contributed by atoms with Crippen LogP contribution in [0, 0.1) is 3.57 Å². The van der Waals surface area contributed by atoms with Crippen LogP contribution in [0.1, 0.15) is 18.5 Å². The van der Waals surface area contributed by atoms with Gasteiger partial charge in [0.25, 0.3) is 10.0 Å². The van der Waals surface area contributed by atoms with Crippen molar-refractivity contribution in [1.82, 2.24) is 13.9 Å². The van der Waals surface area contributed by atoms with Crippen LogP contribution in [0.5, 0.6) is 0 Å². The van der Waals surface area contributed by atoms with E-state index in [1.54, 1.807) is 6.07 Å². The Balaban J connectivity index is 1.77. The minimum atomic E-state index is -3.87. The van der Waals surface area contributed by atoms with E-state index in [-0.39, 0.29) is 21.7 Å². The number of anilines is 1. The van der Waals surface area contributed by atoms with Crippen molar-refractivity contribution in [3.8, 4) is 0 Å². The zero-order valence-corrected chi connectivity index (χ0v) is 18.2. The van der Waals surface area contributed by atoms with E-state index in [0.717, 1.165) is 20.7 Å². The number of benzene rings is 2. The van der Waals surface area contributed by atoms with Gasteiger partial charge in [-0.1, -0.05) is 18.2 Å². The largest absolute Gasteiger partial charge is 0.420 e. The lowest BCUT2D eigenvalue weighted by atomic mass is 10.1. The Hall–Kier alpha value is -2.25. The second-order valence-electron chi connectivity index (χ2n) is 5.92. The molecule has 0 spiro atoms. The van der Waals surface area contributed by atoms with Crippen LogP contribution in [0.4, 0.5) is 5.13 Å². The third-order valence-corrected chi connectivity index (χ3v) is 7.25. The number of sulfonamides is 1. The van der Waals surface area contributed by atoms with E-state index in [1.165, 1.54) is 23.0 Å². The highest BCUT2D eigenvalue weighted by Gasteiger charge is 2.22. The second-order valence-corrected chi connectivity index (χ2v) is 9.54. The average Bonchev–Trinajstić information content (AvgIpc) is 3.27. The molecule has 0 aliphatic heterocycles. The molecule has 0 aliphatic carbocycles. The summed E-state index contributed by atoms with van der Waals surface area (Å²) in [6, 6.07) is 11.8. The standard InChI is InChI=1S/C17H13IN4O4S2/c1-10(12-4-2-3-5-13(12)18)22-14-7-6-11(8-15(14)26-17(22)23)28(24,25)21-16-19-9-20-27-16/h2-10H,1H3,(H,19,20,21)/t10-/m0/s1. The Kier molecular flexibility index (Phi) is 4.97. The lowest BCUT2D eigenvalue weighted by molar-refractivity contribution is 0.489. The molecule has 4 aromatic rings. The Bertz CT molecular complexity index is 1310. The Labute approximate surface area is 177 Å². The number of hydrogen-bond acceptors (Lipinski definition) is 7. The van der Waals surface area contributed by atoms with E-state index in [2.05, 4.69) is 36.7 Å². The Morgan fingerprint density at radius 2 is 2.04 bits per heavy atom. The summed E-state index contributed by atoms with van der Waals surface area (Å²) in [5.41, 5.74) is 1.69. The van der Waals surface area contributed by atoms with Crippen LogP contribution < -0.4 is 10.5 Å². The molecule has 2 heterocycles. The first-order valence-corrected chi connectivity index (χ1v) is 11.4. The molecule has 11 heteroatoms. The predicted octanol–water partition coefficient (Wildman–Crippen LogP) is 3.46. The summed E-state index contributed by atoms with van der Waals surface area (Å²) in [6.07, 6.45) is 1.26. The van der Waals surface area contributed by atoms with Gasteiger partial charge >= 0.3 is 5.76 Å². The molecule has 1 atom stereocenters. The van der Waals surface area contributed by atoms with Gasteiger partial charge in [0.1, 0.15) is 6.33 Å². The fourth-order valence-electron chi connectivity index (χ4n) is 2.90. The summed E-state index contributed by atoms with van der Waals surface area (Å²) in [5, 5.41) is 0.159. The zero-order valence-electron chi connectivity index (χ0n) is 14.4. The Morgan fingerprint density at radius 3 is 2.75 bits per heavy atom. The first-order chi connectivity index (χ1) is 13.4. The molecular weight excluding hydrogens is 515 g/mol. The van der Waals surface area contributed by atoms with Crippen molar-refractivity contribution in [2.24, 2.45) is 0 Å². The highest BCUT2D eigenvalue weighted by molar-refractivity contribution is 14.1. The summed E-state index contributed by atoms with van der Waals surface area (Å²) in [6.45, 7) is 1.90. The highest BCUT2D eigenvalue weighted by Crippen LogP contribution is 2.27. The molecule has 0 saturated heterocycles. The van der Waals surface area contributed by atoms with E-state index in [1.807, 2.05) is 31.2 Å². The molecule has 8 nitrogen and oxygen atoms in total. The second kappa shape index (κ2) is 7.29. The van der Waals surface area contributed by atoms with Crippen molar-refractivity contribution >= 4 is 60.4 Å². The van der Waals surface area contributed by atoms with Crippen molar-refractivity contribution in [2.75, 3.05) is 4.72 Å². The molecule has 4 rings (SSSR count). The lowest BCUT2D eigenvalue weighted by Crippen LogP contribution is -2.20. The Morgan fingerprint density at radius 1 is 1.25 bits per heavy atom. The molecule has 2 aromatic carbocycles. The van der Waals surface area contributed by atoms with Gasteiger partial charge in [-0.05, 0) is 53.3 Å². The van der Waals surface area contributed by atoms with Gasteiger partial charge in [-0.25, -0.2) is 18.2 Å². The van der Waals surface area contributed by atoms with Gasteiger partial charge in [-0.15, -0.1) is 0 Å². The van der Waals surface area contributed by atoms with Crippen LogP contribution in [0.15, 0.2) is 62.9 Å². The van der Waals surface area contributed by atoms with Gasteiger partial charge < -0.3 is 4.42 Å². The van der Waals surface area contributed by atoms with Gasteiger partial charge in [0.05, 0.1) is 16.5 Å². The van der Waals surface area contributed by atoms with E-state index in [9.17, 15) is 13.2 Å². The first-order valence-electron chi connectivity index (χ1n) is 8.06. The molecular formula is C17H13IN4O4S2. The first kappa shape index (κ1) is 19.1. The number of fused-ring (bicyclic) bond motifs is 1. The fourth-order valence-corrected chi connectivity index (χ4v) is 5.41. The molecule has 0 fully saturated rings. The summed E-state index contributed by atoms with van der Waals surface area (Å²) in [4.78, 5) is 16.3. The maximum atomic E-state index is 12.5. The lowest BCUT2D eigenvalue weighted by Gasteiger charge is -2.15. The zero-order chi connectivity index (χ0) is 19.9. The number of nitrogens with zero attached hydrogens (tertiary/aromatic N) is 3. The van der Waals surface area contributed by atoms with E-state index in [4.69, 9.17) is 4.42 Å². The number of nitrogens with one attached hydrogen (secondary N) is 1. The normalized spacial score (nSPS) is 12.9. The number of oxazole rings is 1.